The molecule has 3 amide bonds. The van der Waals surface area contributed by atoms with Crippen LogP contribution in [0.15, 0.2) is 12.5 Å². The number of aliphatic hydroxyl groups is 1. The number of nitrogens with one attached hydrogen (secondary N) is 4. The lowest BCUT2D eigenvalue weighted by Crippen LogP contribution is -2.60. The number of H-pyrrole nitrogens is 1. The molecule has 0 bridgehead atoms. The molecule has 0 aliphatic carbocycles. The summed E-state index contributed by atoms with van der Waals surface area (Å²) < 4.78 is 0. The molecule has 0 aromatic carbocycles. The van der Waals surface area contributed by atoms with Crippen LogP contribution in [-0.2, 0) is 25.6 Å². The van der Waals surface area contributed by atoms with Crippen LogP contribution in [0, 0.1) is 5.92 Å². The number of nitrogens with two attached hydrogens (primary N) is 2. The predicted molar refractivity (Wildman–Crippen MR) is 128 cm³/mol. The largest absolute Gasteiger partial charge is 0.480 e. The Bertz CT molecular complexity index is 817. The molecule has 6 unspecified atom stereocenters. The molecule has 6 atom stereocenters. The number of carboxylic acids is 1. The molecule has 1 aromatic rings. The Balaban J connectivity index is 2.99. The van der Waals surface area contributed by atoms with Gasteiger partial charge in [-0.05, 0) is 32.2 Å². The van der Waals surface area contributed by atoms with Gasteiger partial charge in [0.25, 0.3) is 0 Å². The third-order valence-electron chi connectivity index (χ3n) is 5.76. The first-order chi connectivity index (χ1) is 16.5. The Labute approximate surface area is 204 Å². The maximum atomic E-state index is 13.1. The van der Waals surface area contributed by atoms with Gasteiger partial charge in [-0.15, -0.1) is 0 Å². The molecule has 0 aliphatic heterocycles. The van der Waals surface area contributed by atoms with E-state index in [-0.39, 0.29) is 12.3 Å². The monoisotopic (exact) mass is 497 g/mol. The number of carboxylic acid groups (broad SMARTS) is 1. The second-order valence-electron chi connectivity index (χ2n) is 8.67. The van der Waals surface area contributed by atoms with E-state index in [9.17, 15) is 29.4 Å². The highest BCUT2D eigenvalue weighted by molar-refractivity contribution is 5.94. The van der Waals surface area contributed by atoms with Gasteiger partial charge >= 0.3 is 5.97 Å². The Morgan fingerprint density at radius 3 is 2.23 bits per heavy atom. The van der Waals surface area contributed by atoms with Crippen LogP contribution in [0.5, 0.6) is 0 Å². The third-order valence-corrected chi connectivity index (χ3v) is 5.76. The summed E-state index contributed by atoms with van der Waals surface area (Å²) in [6.07, 6.45) is 3.80. The van der Waals surface area contributed by atoms with Gasteiger partial charge in [0.2, 0.25) is 17.7 Å². The van der Waals surface area contributed by atoms with E-state index in [1.165, 1.54) is 19.4 Å². The number of hydrogen-bond acceptors (Lipinski definition) is 8. The van der Waals surface area contributed by atoms with Crippen molar-refractivity contribution in [2.24, 2.45) is 17.4 Å². The molecule has 1 aromatic heterocycles. The van der Waals surface area contributed by atoms with Crippen LogP contribution < -0.4 is 27.4 Å². The second kappa shape index (κ2) is 15.1. The van der Waals surface area contributed by atoms with E-state index in [0.717, 1.165) is 0 Å². The summed E-state index contributed by atoms with van der Waals surface area (Å²) in [4.78, 5) is 56.8. The molecular formula is C22H39N7O6. The van der Waals surface area contributed by atoms with Crippen molar-refractivity contribution in [2.45, 2.75) is 83.1 Å². The highest BCUT2D eigenvalue weighted by Crippen LogP contribution is 2.09. The molecular weight excluding hydrogens is 458 g/mol. The van der Waals surface area contributed by atoms with E-state index in [1.807, 2.05) is 0 Å². The average molecular weight is 498 g/mol. The first-order valence-corrected chi connectivity index (χ1v) is 11.8. The molecule has 0 aliphatic rings. The Hall–Kier alpha value is -3.03. The molecule has 13 nitrogen and oxygen atoms in total. The number of amides is 3. The Morgan fingerprint density at radius 1 is 1.06 bits per heavy atom. The van der Waals surface area contributed by atoms with Gasteiger partial charge in [-0.3, -0.25) is 14.4 Å². The first kappa shape index (κ1) is 30.0. The molecule has 1 rings (SSSR count). The maximum absolute atomic E-state index is 13.1. The first-order valence-electron chi connectivity index (χ1n) is 11.8. The molecule has 35 heavy (non-hydrogen) atoms. The number of aliphatic hydroxyl groups excluding tert-OH is 1. The van der Waals surface area contributed by atoms with Crippen molar-refractivity contribution >= 4 is 23.7 Å². The Kier molecular flexibility index (Phi) is 12.9. The second-order valence-corrected chi connectivity index (χ2v) is 8.67. The number of carbonyl (C=O) groups is 4. The number of aromatic amines is 1. The highest BCUT2D eigenvalue weighted by atomic mass is 16.4. The highest BCUT2D eigenvalue weighted by Gasteiger charge is 2.34. The summed E-state index contributed by atoms with van der Waals surface area (Å²) >= 11 is 0. The minimum atomic E-state index is -1.45. The van der Waals surface area contributed by atoms with Crippen LogP contribution in [-0.4, -0.2) is 80.7 Å². The topological polar surface area (TPSA) is 226 Å². The van der Waals surface area contributed by atoms with Gasteiger partial charge < -0.3 is 42.6 Å². The molecule has 198 valence electrons. The van der Waals surface area contributed by atoms with E-state index in [2.05, 4.69) is 25.9 Å². The minimum absolute atomic E-state index is 0.0197. The van der Waals surface area contributed by atoms with Crippen molar-refractivity contribution in [3.8, 4) is 0 Å². The number of aliphatic carboxylic acids is 1. The number of rotatable bonds is 16. The molecule has 0 fully saturated rings. The third kappa shape index (κ3) is 10.0. The molecule has 0 saturated heterocycles. The van der Waals surface area contributed by atoms with Gasteiger partial charge in [-0.1, -0.05) is 26.7 Å². The van der Waals surface area contributed by atoms with Crippen molar-refractivity contribution in [1.82, 2.24) is 25.9 Å². The quantitative estimate of drug-likeness (QED) is 0.123. The van der Waals surface area contributed by atoms with Crippen molar-refractivity contribution in [1.29, 1.82) is 0 Å². The average Bonchev–Trinajstić information content (AvgIpc) is 3.32. The van der Waals surface area contributed by atoms with Gasteiger partial charge in [0.05, 0.1) is 18.5 Å². The normalized spacial score (nSPS) is 16.3. The molecule has 0 radical (unpaired) electrons. The lowest BCUT2D eigenvalue weighted by atomic mass is 9.98. The fourth-order valence-electron chi connectivity index (χ4n) is 3.33. The fraction of sp³-hybridized carbons (Fsp3) is 0.682. The zero-order valence-electron chi connectivity index (χ0n) is 20.5. The van der Waals surface area contributed by atoms with Crippen LogP contribution in [0.4, 0.5) is 0 Å². The van der Waals surface area contributed by atoms with E-state index >= 15 is 0 Å². The van der Waals surface area contributed by atoms with Crippen molar-refractivity contribution < 1.29 is 29.4 Å². The summed E-state index contributed by atoms with van der Waals surface area (Å²) in [7, 11) is 0. The molecule has 13 heteroatoms. The molecule has 0 spiro atoms. The summed E-state index contributed by atoms with van der Waals surface area (Å²) in [6.45, 7) is 5.22. The van der Waals surface area contributed by atoms with Gasteiger partial charge in [0, 0.05) is 18.3 Å². The van der Waals surface area contributed by atoms with Crippen LogP contribution in [0.3, 0.4) is 0 Å². The van der Waals surface area contributed by atoms with E-state index in [1.54, 1.807) is 13.8 Å². The molecule has 1 heterocycles. The van der Waals surface area contributed by atoms with Gasteiger partial charge in [0.15, 0.2) is 0 Å². The van der Waals surface area contributed by atoms with Gasteiger partial charge in [0.1, 0.15) is 18.1 Å². The van der Waals surface area contributed by atoms with E-state index in [0.29, 0.717) is 37.9 Å². The van der Waals surface area contributed by atoms with Gasteiger partial charge in [-0.2, -0.15) is 0 Å². The number of hydrogen-bond donors (Lipinski definition) is 8. The molecule has 10 N–H and O–H groups in total. The SMILES string of the molecule is CCC(C)C(NC(=O)C(NC(=O)C(Cc1cnc[nH]1)NC(=O)C(N)CCCCN)C(C)O)C(=O)O. The summed E-state index contributed by atoms with van der Waals surface area (Å²) in [6, 6.07) is -4.64. The zero-order valence-corrected chi connectivity index (χ0v) is 20.5. The van der Waals surface area contributed by atoms with Crippen LogP contribution in [0.25, 0.3) is 0 Å². The Morgan fingerprint density at radius 2 is 1.71 bits per heavy atom. The maximum Gasteiger partial charge on any atom is 0.326 e. The van der Waals surface area contributed by atoms with Crippen LogP contribution in [0.1, 0.15) is 52.1 Å². The summed E-state index contributed by atoms with van der Waals surface area (Å²) in [5, 5.41) is 27.0. The van der Waals surface area contributed by atoms with Crippen molar-refractivity contribution in [3.63, 3.8) is 0 Å². The minimum Gasteiger partial charge on any atom is -0.480 e. The van der Waals surface area contributed by atoms with Gasteiger partial charge in [-0.25, -0.2) is 9.78 Å². The number of imidazole rings is 1. The predicted octanol–water partition coefficient (Wildman–Crippen LogP) is -1.63. The fourth-order valence-corrected chi connectivity index (χ4v) is 3.33. The number of aromatic nitrogens is 2. The zero-order chi connectivity index (χ0) is 26.5. The lowest BCUT2D eigenvalue weighted by Gasteiger charge is -2.27. The summed E-state index contributed by atoms with van der Waals surface area (Å²) in [5.41, 5.74) is 11.9. The van der Waals surface area contributed by atoms with E-state index < -0.39 is 54.0 Å². The summed E-state index contributed by atoms with van der Waals surface area (Å²) in [5.74, 6) is -3.77. The lowest BCUT2D eigenvalue weighted by molar-refractivity contribution is -0.144. The number of carbonyl (C=O) groups excluding carboxylic acids is 3. The van der Waals surface area contributed by atoms with Crippen molar-refractivity contribution in [2.75, 3.05) is 6.54 Å². The number of nitrogens with zero attached hydrogens (tertiary/aromatic N) is 1. The molecule has 0 saturated carbocycles. The number of unbranched alkanes of at least 4 members (excludes halogenated alkanes) is 1. The van der Waals surface area contributed by atoms with Crippen LogP contribution in [0.2, 0.25) is 0 Å². The van der Waals surface area contributed by atoms with Crippen LogP contribution >= 0.6 is 0 Å². The van der Waals surface area contributed by atoms with E-state index in [4.69, 9.17) is 11.5 Å². The standard InChI is InChI=1S/C22H39N7O6/c1-4-12(2)17(22(34)35)28-21(33)18(13(3)30)29-20(32)16(9-14-10-25-11-26-14)27-19(31)15(24)7-5-6-8-23/h10-13,15-18,30H,4-9,23-24H2,1-3H3,(H,25,26)(H,27,31)(H,28,33)(H,29,32)(H,34,35). The smallest absolute Gasteiger partial charge is 0.326 e. The van der Waals surface area contributed by atoms with Crippen molar-refractivity contribution in [3.05, 3.63) is 18.2 Å².